The van der Waals surface area contributed by atoms with Crippen molar-refractivity contribution in [3.63, 3.8) is 0 Å². The van der Waals surface area contributed by atoms with E-state index in [1.165, 1.54) is 4.90 Å². The van der Waals surface area contributed by atoms with Crippen LogP contribution < -0.4 is 15.5 Å². The zero-order valence-corrected chi connectivity index (χ0v) is 18.0. The number of carbonyl (C=O) groups excluding carboxylic acids is 1. The molecule has 2 aromatic rings. The number of fused-ring (bicyclic) bond motifs is 1. The van der Waals surface area contributed by atoms with Gasteiger partial charge in [-0.05, 0) is 24.7 Å². The third-order valence-electron chi connectivity index (χ3n) is 5.89. The van der Waals surface area contributed by atoms with Crippen LogP contribution in [0.2, 0.25) is 0 Å². The predicted molar refractivity (Wildman–Crippen MR) is 118 cm³/mol. The van der Waals surface area contributed by atoms with Gasteiger partial charge < -0.3 is 20.3 Å². The largest absolute Gasteiger partial charge is 0.368 e. The number of nitrogens with two attached hydrogens (primary N) is 1. The number of benzene rings is 1. The maximum absolute atomic E-state index is 12.7. The van der Waals surface area contributed by atoms with E-state index in [1.807, 2.05) is 24.5 Å². The van der Waals surface area contributed by atoms with Crippen LogP contribution in [-0.2, 0) is 6.54 Å². The van der Waals surface area contributed by atoms with Gasteiger partial charge in [-0.15, -0.1) is 11.8 Å². The maximum atomic E-state index is 12.7. The molecular formula is C21H29N5O2S. The van der Waals surface area contributed by atoms with Crippen LogP contribution in [0.4, 0.5) is 16.3 Å². The average molecular weight is 416 g/mol. The molecule has 2 amide bonds. The van der Waals surface area contributed by atoms with Crippen LogP contribution in [0.5, 0.6) is 0 Å². The molecule has 2 atom stereocenters. The van der Waals surface area contributed by atoms with Crippen molar-refractivity contribution in [3.05, 3.63) is 41.6 Å². The number of nitrogens with zero attached hydrogens (tertiary/aromatic N) is 4. The number of anilines is 2. The quantitative estimate of drug-likeness (QED) is 0.751. The fourth-order valence-corrected chi connectivity index (χ4v) is 5.28. The van der Waals surface area contributed by atoms with Crippen molar-refractivity contribution in [1.29, 1.82) is 0 Å². The monoisotopic (exact) mass is 415 g/mol. The van der Waals surface area contributed by atoms with Gasteiger partial charge in [-0.1, -0.05) is 30.3 Å². The van der Waals surface area contributed by atoms with Gasteiger partial charge in [0.15, 0.2) is 6.23 Å². The Kier molecular flexibility index (Phi) is 5.50. The Morgan fingerprint density at radius 2 is 1.97 bits per heavy atom. The molecule has 0 spiro atoms. The first-order valence-electron chi connectivity index (χ1n) is 9.97. The van der Waals surface area contributed by atoms with Crippen LogP contribution in [-0.4, -0.2) is 60.1 Å². The summed E-state index contributed by atoms with van der Waals surface area (Å²) in [6.07, 6.45) is 3.09. The first kappa shape index (κ1) is 20.1. The van der Waals surface area contributed by atoms with E-state index in [9.17, 15) is 9.90 Å². The normalized spacial score (nSPS) is 22.2. The molecule has 3 N–H and O–H groups in total. The van der Waals surface area contributed by atoms with Crippen LogP contribution in [0.1, 0.15) is 30.3 Å². The van der Waals surface area contributed by atoms with E-state index in [1.54, 1.807) is 30.8 Å². The highest BCUT2D eigenvalue weighted by molar-refractivity contribution is 7.99. The molecule has 1 fully saturated rings. The molecule has 2 aliphatic rings. The molecule has 1 aromatic heterocycles. The summed E-state index contributed by atoms with van der Waals surface area (Å²) in [6, 6.07) is 10.1. The molecule has 0 radical (unpaired) electrons. The molecule has 156 valence electrons. The number of hydrogen-bond acceptors (Lipinski definition) is 5. The van der Waals surface area contributed by atoms with E-state index in [0.717, 1.165) is 53.6 Å². The lowest BCUT2D eigenvalue weighted by Crippen LogP contribution is -2.46. The Morgan fingerprint density at radius 1 is 1.24 bits per heavy atom. The summed E-state index contributed by atoms with van der Waals surface area (Å²) in [5.74, 6) is 1.05. The number of aliphatic hydroxyl groups excluding tert-OH is 1. The summed E-state index contributed by atoms with van der Waals surface area (Å²) in [7, 11) is 3.42. The van der Waals surface area contributed by atoms with Gasteiger partial charge in [0.1, 0.15) is 5.82 Å². The molecule has 0 aliphatic carbocycles. The minimum absolute atomic E-state index is 0.127. The number of aromatic nitrogens is 1. The minimum Gasteiger partial charge on any atom is -0.368 e. The zero-order chi connectivity index (χ0) is 20.7. The van der Waals surface area contributed by atoms with Gasteiger partial charge in [0, 0.05) is 39.8 Å². The lowest BCUT2D eigenvalue weighted by atomic mass is 10.1. The van der Waals surface area contributed by atoms with Gasteiger partial charge in [-0.3, -0.25) is 9.80 Å². The lowest BCUT2D eigenvalue weighted by molar-refractivity contribution is 0.0381. The van der Waals surface area contributed by atoms with E-state index in [2.05, 4.69) is 21.6 Å². The second-order valence-electron chi connectivity index (χ2n) is 7.84. The fourth-order valence-electron chi connectivity index (χ4n) is 4.42. The summed E-state index contributed by atoms with van der Waals surface area (Å²) in [6.45, 7) is 2.31. The number of urea groups is 1. The van der Waals surface area contributed by atoms with E-state index in [0.29, 0.717) is 6.54 Å². The topological polar surface area (TPSA) is 78.0 Å². The van der Waals surface area contributed by atoms with Crippen LogP contribution in [0, 0.1) is 0 Å². The molecule has 3 heterocycles. The molecule has 2 aliphatic heterocycles. The van der Waals surface area contributed by atoms with Gasteiger partial charge >= 0.3 is 6.03 Å². The average Bonchev–Trinajstić information content (AvgIpc) is 3.05. The summed E-state index contributed by atoms with van der Waals surface area (Å²) in [5, 5.41) is 11.1. The van der Waals surface area contributed by atoms with E-state index >= 15 is 0 Å². The molecule has 0 bridgehead atoms. The van der Waals surface area contributed by atoms with Crippen molar-refractivity contribution in [2.75, 3.05) is 43.2 Å². The molecule has 7 nitrogen and oxygen atoms in total. The highest BCUT2D eigenvalue weighted by Crippen LogP contribution is 2.48. The molecule has 0 saturated carbocycles. The first-order valence-corrected chi connectivity index (χ1v) is 11.2. The van der Waals surface area contributed by atoms with Crippen LogP contribution in [0.15, 0.2) is 35.2 Å². The van der Waals surface area contributed by atoms with Gasteiger partial charge in [-0.2, -0.15) is 0 Å². The van der Waals surface area contributed by atoms with Crippen molar-refractivity contribution >= 4 is 29.3 Å². The van der Waals surface area contributed by atoms with E-state index in [-0.39, 0.29) is 12.1 Å². The second-order valence-corrected chi connectivity index (χ2v) is 8.65. The Bertz CT molecular complexity index is 900. The van der Waals surface area contributed by atoms with Crippen LogP contribution in [0.25, 0.3) is 0 Å². The van der Waals surface area contributed by atoms with Crippen LogP contribution >= 0.6 is 11.8 Å². The van der Waals surface area contributed by atoms with Gasteiger partial charge in [0.2, 0.25) is 0 Å². The number of aliphatic hydroxyl groups is 1. The molecule has 1 saturated heterocycles. The van der Waals surface area contributed by atoms with Crippen molar-refractivity contribution in [2.24, 2.45) is 5.73 Å². The number of carbonyl (C=O) groups is 1. The zero-order valence-electron chi connectivity index (χ0n) is 17.2. The van der Waals surface area contributed by atoms with Crippen molar-refractivity contribution in [1.82, 2.24) is 9.47 Å². The number of thioether (sulfide) groups is 1. The van der Waals surface area contributed by atoms with Crippen LogP contribution in [0.3, 0.4) is 0 Å². The molecule has 8 heteroatoms. The number of amides is 2. The molecule has 4 rings (SSSR count). The molecule has 1 aromatic carbocycles. The Labute approximate surface area is 176 Å². The summed E-state index contributed by atoms with van der Waals surface area (Å²) >= 11 is 1.62. The van der Waals surface area contributed by atoms with Gasteiger partial charge in [0.25, 0.3) is 0 Å². The van der Waals surface area contributed by atoms with Crippen molar-refractivity contribution < 1.29 is 9.90 Å². The minimum atomic E-state index is -0.990. The van der Waals surface area contributed by atoms with Gasteiger partial charge in [-0.25, -0.2) is 4.79 Å². The third-order valence-corrected chi connectivity index (χ3v) is 6.67. The molecule has 29 heavy (non-hydrogen) atoms. The summed E-state index contributed by atoms with van der Waals surface area (Å²) < 4.78 is 2.18. The molecular weight excluding hydrogens is 386 g/mol. The number of hydrogen-bond donors (Lipinski definition) is 2. The number of piperidine rings is 1. The second kappa shape index (κ2) is 7.93. The Morgan fingerprint density at radius 3 is 2.62 bits per heavy atom. The van der Waals surface area contributed by atoms with Crippen molar-refractivity contribution in [3.8, 4) is 0 Å². The first-order chi connectivity index (χ1) is 13.9. The smallest absolute Gasteiger partial charge is 0.326 e. The lowest BCUT2D eigenvalue weighted by Gasteiger charge is -2.36. The highest BCUT2D eigenvalue weighted by Gasteiger charge is 2.41. The third kappa shape index (κ3) is 3.39. The highest BCUT2D eigenvalue weighted by atomic mass is 32.2. The standard InChI is InChI=1S/C21H29N5O2S/c1-23-16-17(20(27)24(2)21(23)28)26(12-14-8-5-4-6-9-14)19(18(16)29-3)25-11-7-10-15(22)13-25/h4-6,8-9,15,20,27H,7,10-13,22H2,1-3H3/t15-,20?/m0/s1. The summed E-state index contributed by atoms with van der Waals surface area (Å²) in [5.41, 5.74) is 9.01. The summed E-state index contributed by atoms with van der Waals surface area (Å²) in [4.78, 5) is 19.1. The van der Waals surface area contributed by atoms with Gasteiger partial charge in [0.05, 0.1) is 16.3 Å². The Hall–Kier alpha value is -2.16. The SMILES string of the molecule is CSc1c2c(n(Cc3ccccc3)c1N1CCC[C@H](N)C1)C(O)N(C)C(=O)N2C. The van der Waals surface area contributed by atoms with E-state index < -0.39 is 6.23 Å². The Balaban J connectivity index is 1.93. The fraction of sp³-hybridized carbons (Fsp3) is 0.476. The number of rotatable bonds is 4. The van der Waals surface area contributed by atoms with E-state index in [4.69, 9.17) is 5.73 Å². The predicted octanol–water partition coefficient (Wildman–Crippen LogP) is 2.68. The maximum Gasteiger partial charge on any atom is 0.326 e. The molecule has 1 unspecified atom stereocenters. The van der Waals surface area contributed by atoms with Crippen molar-refractivity contribution in [2.45, 2.75) is 36.6 Å².